The molecule has 14 heavy (non-hydrogen) atoms. The first-order chi connectivity index (χ1) is 6.24. The van der Waals surface area contributed by atoms with Crippen LogP contribution < -0.4 is 0 Å². The molecule has 0 N–H and O–H groups in total. The van der Waals surface area contributed by atoms with Crippen molar-refractivity contribution in [3.05, 3.63) is 0 Å². The van der Waals surface area contributed by atoms with Crippen LogP contribution in [0.25, 0.3) is 0 Å². The molecular weight excluding hydrogens is 460 g/mol. The predicted octanol–water partition coefficient (Wildman–Crippen LogP) is -2.41. The summed E-state index contributed by atoms with van der Waals surface area (Å²) < 4.78 is 71.3. The molecule has 0 aromatic heterocycles. The predicted molar refractivity (Wildman–Crippen MR) is 32.3 cm³/mol. The fourth-order valence-corrected chi connectivity index (χ4v) is 44.9. The summed E-state index contributed by atoms with van der Waals surface area (Å²) in [5, 5.41) is 0. The van der Waals surface area contributed by atoms with Crippen LogP contribution in [0, 0.1) is 0 Å². The Morgan fingerprint density at radius 1 is 0.429 bits per heavy atom. The Labute approximate surface area is 88.6 Å². The van der Waals surface area contributed by atoms with Crippen LogP contribution in [0.15, 0.2) is 0 Å². The molecule has 4 rings (SSSR count). The fourth-order valence-electron chi connectivity index (χ4n) is 0.914. The van der Waals surface area contributed by atoms with Gasteiger partial charge in [-0.2, -0.15) is 0 Å². The standard InChI is InChI=1S/As4O10/c5-1-9-2(6)12-3(7,10-1)14-4(8,11-1)13-2. The molecule has 0 atom stereocenters. The molecule has 0 aromatic carbocycles. The summed E-state index contributed by atoms with van der Waals surface area (Å²) in [6, 6.07) is 0. The van der Waals surface area contributed by atoms with E-state index in [0.717, 1.165) is 0 Å². The van der Waals surface area contributed by atoms with Crippen LogP contribution in [0.2, 0.25) is 0 Å². The summed E-state index contributed by atoms with van der Waals surface area (Å²) in [4.78, 5) is 0. The van der Waals surface area contributed by atoms with Crippen molar-refractivity contribution >= 4 is 58.1 Å². The summed E-state index contributed by atoms with van der Waals surface area (Å²) in [6.45, 7) is 0. The number of hydrogen-bond acceptors (Lipinski definition) is 10. The van der Waals surface area contributed by atoms with E-state index < -0.39 is 58.1 Å². The Morgan fingerprint density at radius 3 is 0.714 bits per heavy atom. The van der Waals surface area contributed by atoms with Crippen LogP contribution in [0.5, 0.6) is 0 Å². The number of hydrogen-bond donors (Lipinski definition) is 0. The van der Waals surface area contributed by atoms with E-state index in [1.165, 1.54) is 0 Å². The van der Waals surface area contributed by atoms with Gasteiger partial charge in [-0.1, -0.05) is 0 Å². The first-order valence-corrected chi connectivity index (χ1v) is 15.2. The van der Waals surface area contributed by atoms with E-state index in [1.54, 1.807) is 0 Å². The second-order valence-electron chi connectivity index (χ2n) is 2.28. The van der Waals surface area contributed by atoms with Crippen molar-refractivity contribution in [2.24, 2.45) is 0 Å². The van der Waals surface area contributed by atoms with Crippen LogP contribution in [0.4, 0.5) is 0 Å². The molecule has 4 fully saturated rings. The van der Waals surface area contributed by atoms with E-state index in [-0.39, 0.29) is 0 Å². The Kier molecular flexibility index (Phi) is 1.88. The van der Waals surface area contributed by atoms with E-state index in [1.807, 2.05) is 0 Å². The van der Waals surface area contributed by atoms with Crippen LogP contribution in [0.3, 0.4) is 0 Å². The topological polar surface area (TPSA) is 124 Å². The summed E-state index contributed by atoms with van der Waals surface area (Å²) in [5.74, 6) is 0. The molecule has 0 amide bonds. The van der Waals surface area contributed by atoms with Gasteiger partial charge >= 0.3 is 89.3 Å². The molecule has 0 spiro atoms. The molecule has 0 aliphatic carbocycles. The second-order valence-corrected chi connectivity index (χ2v) is 22.5. The molecule has 4 saturated heterocycles. The molecule has 10 nitrogen and oxygen atoms in total. The molecule has 0 radical (unpaired) electrons. The van der Waals surface area contributed by atoms with Crippen molar-refractivity contribution in [2.45, 2.75) is 0 Å². The molecule has 14 heteroatoms. The third-order valence-electron chi connectivity index (χ3n) is 1.20. The molecule has 4 aliphatic heterocycles. The third-order valence-corrected chi connectivity index (χ3v) is 32.4. The maximum absolute atomic E-state index is 11.4. The van der Waals surface area contributed by atoms with E-state index >= 15 is 0 Å². The van der Waals surface area contributed by atoms with Crippen molar-refractivity contribution in [1.29, 1.82) is 0 Å². The number of rotatable bonds is 0. The Bertz CT molecular complexity index is 344. The van der Waals surface area contributed by atoms with Crippen molar-refractivity contribution < 1.29 is 31.2 Å². The average Bonchev–Trinajstić information content (AvgIpc) is 1.67. The monoisotopic (exact) mass is 460 g/mol. The summed E-state index contributed by atoms with van der Waals surface area (Å²) in [5.41, 5.74) is 0. The summed E-state index contributed by atoms with van der Waals surface area (Å²) >= 11 is -20.0. The zero-order valence-corrected chi connectivity index (χ0v) is 13.4. The molecule has 4 bridgehead atoms. The van der Waals surface area contributed by atoms with Gasteiger partial charge in [0.05, 0.1) is 0 Å². The van der Waals surface area contributed by atoms with Crippen molar-refractivity contribution in [3.63, 3.8) is 0 Å². The quantitative estimate of drug-likeness (QED) is 0.362. The van der Waals surface area contributed by atoms with Crippen LogP contribution >= 0.6 is 0 Å². The van der Waals surface area contributed by atoms with Gasteiger partial charge in [0, 0.05) is 0 Å². The van der Waals surface area contributed by atoms with Gasteiger partial charge in [-0.3, -0.25) is 0 Å². The van der Waals surface area contributed by atoms with Gasteiger partial charge in [-0.05, 0) is 0 Å². The van der Waals surface area contributed by atoms with E-state index in [4.69, 9.17) is 0 Å². The normalized spacial score (nSPS) is 65.7. The van der Waals surface area contributed by atoms with Crippen molar-refractivity contribution in [3.8, 4) is 0 Å². The van der Waals surface area contributed by atoms with E-state index in [9.17, 15) is 15.0 Å². The Hall–Kier alpha value is 1.19. The van der Waals surface area contributed by atoms with E-state index in [2.05, 4.69) is 16.3 Å². The van der Waals surface area contributed by atoms with Gasteiger partial charge in [0.2, 0.25) is 0 Å². The van der Waals surface area contributed by atoms with Crippen molar-refractivity contribution in [2.75, 3.05) is 0 Å². The minimum atomic E-state index is -5.01. The first-order valence-electron chi connectivity index (χ1n) is 2.92. The van der Waals surface area contributed by atoms with Gasteiger partial charge in [0.1, 0.15) is 0 Å². The zero-order chi connectivity index (χ0) is 10.2. The average molecular weight is 460 g/mol. The Balaban J connectivity index is 2.27. The van der Waals surface area contributed by atoms with Gasteiger partial charge in [-0.15, -0.1) is 0 Å². The molecular formula is As4O10. The molecule has 0 aromatic rings. The summed E-state index contributed by atoms with van der Waals surface area (Å²) in [7, 11) is 0. The first kappa shape index (κ1) is 10.4. The summed E-state index contributed by atoms with van der Waals surface area (Å²) in [6.07, 6.45) is 0. The Morgan fingerprint density at radius 2 is 0.571 bits per heavy atom. The van der Waals surface area contributed by atoms with Gasteiger partial charge < -0.3 is 0 Å². The van der Waals surface area contributed by atoms with E-state index in [0.29, 0.717) is 0 Å². The van der Waals surface area contributed by atoms with Crippen molar-refractivity contribution in [1.82, 2.24) is 0 Å². The van der Waals surface area contributed by atoms with Gasteiger partial charge in [0.25, 0.3) is 0 Å². The molecule has 0 unspecified atom stereocenters. The zero-order valence-electron chi connectivity index (χ0n) is 5.87. The molecule has 4 heterocycles. The van der Waals surface area contributed by atoms with Gasteiger partial charge in [0.15, 0.2) is 0 Å². The molecule has 0 saturated carbocycles. The maximum atomic E-state index is 11.4. The fraction of sp³-hybridized carbons (Fsp3) is 0. The molecule has 80 valence electrons. The van der Waals surface area contributed by atoms with Gasteiger partial charge in [-0.25, -0.2) is 0 Å². The second kappa shape index (κ2) is 2.54. The minimum absolute atomic E-state index is 4.28. The third kappa shape index (κ3) is 1.42. The molecule has 4 aliphatic rings. The van der Waals surface area contributed by atoms with Crippen LogP contribution in [-0.4, -0.2) is 58.1 Å². The SMILES string of the molecule is O=[As]12O[As]3(=O)O[As](=O)(O1)O[As](=O)(O2)O3. The van der Waals surface area contributed by atoms with Crippen LogP contribution in [-0.2, 0) is 31.2 Å². The van der Waals surface area contributed by atoms with Crippen LogP contribution in [0.1, 0.15) is 0 Å².